The first kappa shape index (κ1) is 9.47. The van der Waals surface area contributed by atoms with Gasteiger partial charge < -0.3 is 0 Å². The van der Waals surface area contributed by atoms with Crippen LogP contribution in [0, 0.1) is 0 Å². The summed E-state index contributed by atoms with van der Waals surface area (Å²) in [6, 6.07) is 7.33. The van der Waals surface area contributed by atoms with Crippen LogP contribution in [0.4, 0.5) is 4.39 Å². The molecule has 0 N–H and O–H groups in total. The fraction of sp³-hybridized carbons (Fsp3) is 0.167. The van der Waals surface area contributed by atoms with Crippen LogP contribution in [0.1, 0.15) is 18.4 Å². The average Bonchev–Trinajstić information content (AvgIpc) is 2.20. The fourth-order valence-corrected chi connectivity index (χ4v) is 1.80. The minimum absolute atomic E-state index is 0.163. The largest absolute Gasteiger partial charge is 0.207 e. The van der Waals surface area contributed by atoms with Crippen molar-refractivity contribution in [2.24, 2.45) is 0 Å². The van der Waals surface area contributed by atoms with Gasteiger partial charge in [-0.05, 0) is 25.0 Å². The molecule has 0 aliphatic heterocycles. The van der Waals surface area contributed by atoms with Crippen molar-refractivity contribution < 1.29 is 4.39 Å². The first-order valence-corrected chi connectivity index (χ1v) is 4.98. The highest BCUT2D eigenvalue weighted by Crippen LogP contribution is 2.32. The maximum absolute atomic E-state index is 13.4. The molecular formula is C12H10ClF. The molecule has 0 fully saturated rings. The summed E-state index contributed by atoms with van der Waals surface area (Å²) >= 11 is 5.99. The van der Waals surface area contributed by atoms with Crippen molar-refractivity contribution in [3.8, 4) is 0 Å². The minimum Gasteiger partial charge on any atom is -0.207 e. The van der Waals surface area contributed by atoms with Crippen molar-refractivity contribution in [1.29, 1.82) is 0 Å². The molecule has 0 aromatic heterocycles. The van der Waals surface area contributed by atoms with E-state index in [1.807, 2.05) is 24.3 Å². The highest BCUT2D eigenvalue weighted by Gasteiger charge is 2.12. The summed E-state index contributed by atoms with van der Waals surface area (Å²) in [4.78, 5) is 0. The second-order valence-corrected chi connectivity index (χ2v) is 3.63. The van der Waals surface area contributed by atoms with E-state index in [4.69, 9.17) is 11.6 Å². The van der Waals surface area contributed by atoms with Gasteiger partial charge in [-0.1, -0.05) is 35.9 Å². The molecule has 0 radical (unpaired) electrons. The van der Waals surface area contributed by atoms with Crippen LogP contribution in [0.25, 0.3) is 5.57 Å². The number of rotatable bonds is 1. The van der Waals surface area contributed by atoms with E-state index in [1.54, 1.807) is 12.1 Å². The van der Waals surface area contributed by atoms with Gasteiger partial charge in [0.15, 0.2) is 0 Å². The topological polar surface area (TPSA) is 0 Å². The summed E-state index contributed by atoms with van der Waals surface area (Å²) in [7, 11) is 0. The molecular weight excluding hydrogens is 199 g/mol. The van der Waals surface area contributed by atoms with Gasteiger partial charge in [-0.2, -0.15) is 0 Å². The molecule has 0 atom stereocenters. The van der Waals surface area contributed by atoms with Gasteiger partial charge in [-0.15, -0.1) is 0 Å². The lowest BCUT2D eigenvalue weighted by Crippen LogP contribution is -1.91. The average molecular weight is 209 g/mol. The number of benzene rings is 1. The molecule has 1 aromatic carbocycles. The molecule has 0 heterocycles. The van der Waals surface area contributed by atoms with Gasteiger partial charge in [0.1, 0.15) is 5.83 Å². The normalized spacial score (nSPS) is 16.1. The molecule has 14 heavy (non-hydrogen) atoms. The van der Waals surface area contributed by atoms with Crippen LogP contribution >= 0.6 is 11.6 Å². The zero-order valence-corrected chi connectivity index (χ0v) is 8.39. The van der Waals surface area contributed by atoms with Crippen LogP contribution in [0.3, 0.4) is 0 Å². The Morgan fingerprint density at radius 2 is 1.79 bits per heavy atom. The zero-order chi connectivity index (χ0) is 9.97. The number of hydrogen-bond donors (Lipinski definition) is 0. The van der Waals surface area contributed by atoms with Crippen LogP contribution in [-0.4, -0.2) is 0 Å². The summed E-state index contributed by atoms with van der Waals surface area (Å²) in [6.07, 6.45) is 5.17. The highest BCUT2D eigenvalue weighted by atomic mass is 35.5. The highest BCUT2D eigenvalue weighted by molar-refractivity contribution is 6.32. The third-order valence-electron chi connectivity index (χ3n) is 2.26. The van der Waals surface area contributed by atoms with Crippen molar-refractivity contribution in [2.75, 3.05) is 0 Å². The molecule has 0 bridgehead atoms. The summed E-state index contributed by atoms with van der Waals surface area (Å²) < 4.78 is 13.4. The molecule has 0 saturated heterocycles. The van der Waals surface area contributed by atoms with Gasteiger partial charge in [0.05, 0.1) is 0 Å². The predicted octanol–water partition coefficient (Wildman–Crippen LogP) is 4.37. The monoisotopic (exact) mass is 208 g/mol. The third kappa shape index (κ3) is 1.73. The molecule has 72 valence electrons. The lowest BCUT2D eigenvalue weighted by Gasteiger charge is -2.11. The number of allylic oxidation sites excluding steroid dienone is 4. The van der Waals surface area contributed by atoms with Gasteiger partial charge in [-0.3, -0.25) is 0 Å². The smallest absolute Gasteiger partial charge is 0.126 e. The van der Waals surface area contributed by atoms with E-state index < -0.39 is 0 Å². The van der Waals surface area contributed by atoms with Crippen molar-refractivity contribution in [2.45, 2.75) is 12.8 Å². The molecule has 0 spiro atoms. The minimum atomic E-state index is -0.163. The second kappa shape index (κ2) is 3.97. The van der Waals surface area contributed by atoms with E-state index in [-0.39, 0.29) is 5.83 Å². The Hall–Kier alpha value is -1.08. The lowest BCUT2D eigenvalue weighted by molar-refractivity contribution is 0.660. The molecule has 2 heteroatoms. The van der Waals surface area contributed by atoms with Crippen molar-refractivity contribution >= 4 is 17.2 Å². The molecule has 0 unspecified atom stereocenters. The van der Waals surface area contributed by atoms with Gasteiger partial charge >= 0.3 is 0 Å². The summed E-state index contributed by atoms with van der Waals surface area (Å²) in [5.74, 6) is -0.163. The Bertz CT molecular complexity index is 405. The number of halogens is 2. The molecule has 0 nitrogen and oxygen atoms in total. The Labute approximate surface area is 87.7 Å². The van der Waals surface area contributed by atoms with Crippen LogP contribution in [-0.2, 0) is 0 Å². The molecule has 2 rings (SSSR count). The summed E-state index contributed by atoms with van der Waals surface area (Å²) in [5, 5.41) is 0.601. The van der Waals surface area contributed by atoms with Gasteiger partial charge in [0.25, 0.3) is 0 Å². The molecule has 1 aliphatic rings. The predicted molar refractivity (Wildman–Crippen MR) is 57.9 cm³/mol. The van der Waals surface area contributed by atoms with Crippen LogP contribution in [0.2, 0.25) is 5.02 Å². The van der Waals surface area contributed by atoms with Crippen molar-refractivity contribution in [3.63, 3.8) is 0 Å². The lowest BCUT2D eigenvalue weighted by atomic mass is 9.98. The molecule has 0 saturated carbocycles. The zero-order valence-electron chi connectivity index (χ0n) is 7.63. The molecule has 0 amide bonds. The van der Waals surface area contributed by atoms with Crippen LogP contribution in [0.5, 0.6) is 0 Å². The van der Waals surface area contributed by atoms with E-state index in [9.17, 15) is 4.39 Å². The van der Waals surface area contributed by atoms with E-state index >= 15 is 0 Å². The third-order valence-corrected chi connectivity index (χ3v) is 2.59. The Morgan fingerprint density at radius 3 is 2.50 bits per heavy atom. The van der Waals surface area contributed by atoms with Gasteiger partial charge in [0, 0.05) is 16.2 Å². The Morgan fingerprint density at radius 1 is 1.07 bits per heavy atom. The standard InChI is InChI=1S/C12H10ClF/c13-11-7-3-1-5-9(11)10-6-2-4-8-12(10)14/h1,3,5-8H,2,4H2. The van der Waals surface area contributed by atoms with Crippen molar-refractivity contribution in [1.82, 2.24) is 0 Å². The maximum Gasteiger partial charge on any atom is 0.126 e. The van der Waals surface area contributed by atoms with E-state index in [0.717, 1.165) is 18.4 Å². The van der Waals surface area contributed by atoms with Crippen LogP contribution < -0.4 is 0 Å². The molecule has 1 aliphatic carbocycles. The van der Waals surface area contributed by atoms with Crippen molar-refractivity contribution in [3.05, 3.63) is 52.8 Å². The van der Waals surface area contributed by atoms with Crippen LogP contribution in [0.15, 0.2) is 42.2 Å². The maximum atomic E-state index is 13.4. The first-order valence-electron chi connectivity index (χ1n) is 4.60. The number of hydrogen-bond acceptors (Lipinski definition) is 0. The Balaban J connectivity index is 2.45. The SMILES string of the molecule is FC1=CCCC=C1c1ccccc1Cl. The summed E-state index contributed by atoms with van der Waals surface area (Å²) in [6.45, 7) is 0. The fourth-order valence-electron chi connectivity index (χ4n) is 1.56. The van der Waals surface area contributed by atoms with Gasteiger partial charge in [0.2, 0.25) is 0 Å². The first-order chi connectivity index (χ1) is 6.79. The van der Waals surface area contributed by atoms with Gasteiger partial charge in [-0.25, -0.2) is 4.39 Å². The second-order valence-electron chi connectivity index (χ2n) is 3.23. The quantitative estimate of drug-likeness (QED) is 0.643. The molecule has 1 aromatic rings. The van der Waals surface area contributed by atoms with E-state index in [0.29, 0.717) is 10.6 Å². The van der Waals surface area contributed by atoms with E-state index in [2.05, 4.69) is 0 Å². The summed E-state index contributed by atoms with van der Waals surface area (Å²) in [5.41, 5.74) is 1.41. The Kier molecular flexibility index (Phi) is 2.69. The van der Waals surface area contributed by atoms with E-state index in [1.165, 1.54) is 0 Å².